The van der Waals surface area contributed by atoms with Crippen LogP contribution in [0.1, 0.15) is 135 Å². The Balaban J connectivity index is 1.58. The van der Waals surface area contributed by atoms with Crippen molar-refractivity contribution < 1.29 is 0 Å². The first-order chi connectivity index (χ1) is 16.3. The molecule has 0 aromatic heterocycles. The van der Waals surface area contributed by atoms with E-state index in [9.17, 15) is 0 Å². The number of benzene rings is 1. The van der Waals surface area contributed by atoms with Gasteiger partial charge in [-0.15, -0.1) is 0 Å². The second kappa shape index (κ2) is 18.9. The van der Waals surface area contributed by atoms with Crippen LogP contribution in [0.4, 0.5) is 0 Å². The fourth-order valence-corrected chi connectivity index (χ4v) is 5.13. The zero-order valence-electron chi connectivity index (χ0n) is 22.2. The molecular formula is C31H54N2. The van der Waals surface area contributed by atoms with Gasteiger partial charge in [-0.05, 0) is 24.8 Å². The second-order valence-corrected chi connectivity index (χ2v) is 10.3. The van der Waals surface area contributed by atoms with E-state index in [1.807, 2.05) is 0 Å². The molecule has 0 amide bonds. The lowest BCUT2D eigenvalue weighted by Gasteiger charge is -2.33. The summed E-state index contributed by atoms with van der Waals surface area (Å²) in [5.41, 5.74) is 1.42. The molecule has 0 saturated carbocycles. The Morgan fingerprint density at radius 3 is 1.61 bits per heavy atom. The monoisotopic (exact) mass is 454 g/mol. The molecule has 1 heterocycles. The molecule has 0 N–H and O–H groups in total. The highest BCUT2D eigenvalue weighted by Crippen LogP contribution is 2.24. The number of hydrogen-bond donors (Lipinski definition) is 0. The van der Waals surface area contributed by atoms with Crippen molar-refractivity contribution >= 4 is 0 Å². The van der Waals surface area contributed by atoms with E-state index in [2.05, 4.69) is 66.4 Å². The SMILES string of the molecule is CCCCCCCCCCCCCCCN1C=CN(Cc2ccccc2)C1CCCCCC. The summed E-state index contributed by atoms with van der Waals surface area (Å²) >= 11 is 0. The highest BCUT2D eigenvalue weighted by molar-refractivity contribution is 5.15. The molecule has 0 aliphatic carbocycles. The molecule has 1 atom stereocenters. The predicted octanol–water partition coefficient (Wildman–Crippen LogP) is 9.66. The van der Waals surface area contributed by atoms with Crippen LogP contribution in [0.25, 0.3) is 0 Å². The van der Waals surface area contributed by atoms with Crippen LogP contribution in [0.5, 0.6) is 0 Å². The number of hydrogen-bond acceptors (Lipinski definition) is 2. The molecule has 1 unspecified atom stereocenters. The van der Waals surface area contributed by atoms with E-state index in [-0.39, 0.29) is 0 Å². The van der Waals surface area contributed by atoms with E-state index in [4.69, 9.17) is 0 Å². The summed E-state index contributed by atoms with van der Waals surface area (Å²) in [5.74, 6) is 0. The van der Waals surface area contributed by atoms with Gasteiger partial charge in [-0.25, -0.2) is 0 Å². The summed E-state index contributed by atoms with van der Waals surface area (Å²) in [5, 5.41) is 0. The van der Waals surface area contributed by atoms with Crippen LogP contribution in [-0.2, 0) is 6.54 Å². The lowest BCUT2D eigenvalue weighted by Crippen LogP contribution is -2.38. The first kappa shape index (κ1) is 27.8. The molecule has 2 rings (SSSR count). The van der Waals surface area contributed by atoms with Gasteiger partial charge in [0.1, 0.15) is 6.17 Å². The molecule has 0 spiro atoms. The minimum Gasteiger partial charge on any atom is -0.356 e. The Morgan fingerprint density at radius 2 is 1.03 bits per heavy atom. The van der Waals surface area contributed by atoms with E-state index < -0.39 is 0 Å². The fraction of sp³-hybridized carbons (Fsp3) is 0.742. The van der Waals surface area contributed by atoms with Gasteiger partial charge in [-0.3, -0.25) is 0 Å². The Hall–Kier alpha value is -1.44. The standard InChI is InChI=1S/C31H54N2/c1-3-5-7-9-10-11-12-13-14-15-16-17-22-26-32-27-28-33(29-30-23-19-18-20-24-30)31(32)25-21-8-6-4-2/h18-20,23-24,27-28,31H,3-17,21-22,25-26,29H2,1-2H3. The van der Waals surface area contributed by atoms with Crippen LogP contribution in [0.15, 0.2) is 42.7 Å². The van der Waals surface area contributed by atoms with Crippen LogP contribution in [0.2, 0.25) is 0 Å². The van der Waals surface area contributed by atoms with Crippen molar-refractivity contribution in [3.05, 3.63) is 48.3 Å². The van der Waals surface area contributed by atoms with E-state index in [0.29, 0.717) is 6.17 Å². The summed E-state index contributed by atoms with van der Waals surface area (Å²) in [7, 11) is 0. The Kier molecular flexibility index (Phi) is 15.9. The van der Waals surface area contributed by atoms with Crippen molar-refractivity contribution in [2.45, 2.75) is 142 Å². The highest BCUT2D eigenvalue weighted by Gasteiger charge is 2.25. The predicted molar refractivity (Wildman–Crippen MR) is 146 cm³/mol. The average Bonchev–Trinajstić information content (AvgIpc) is 3.21. The van der Waals surface area contributed by atoms with Crippen LogP contribution < -0.4 is 0 Å². The summed E-state index contributed by atoms with van der Waals surface area (Å²) in [6.45, 7) is 6.86. The molecule has 1 aromatic carbocycles. The quantitative estimate of drug-likeness (QED) is 0.171. The molecule has 0 fully saturated rings. The molecule has 0 bridgehead atoms. The first-order valence-electron chi connectivity index (χ1n) is 14.6. The number of nitrogens with zero attached hydrogens (tertiary/aromatic N) is 2. The van der Waals surface area contributed by atoms with Gasteiger partial charge in [0.2, 0.25) is 0 Å². The smallest absolute Gasteiger partial charge is 0.101 e. The first-order valence-corrected chi connectivity index (χ1v) is 14.6. The minimum absolute atomic E-state index is 0.555. The van der Waals surface area contributed by atoms with Crippen molar-refractivity contribution in [3.8, 4) is 0 Å². The Morgan fingerprint density at radius 1 is 0.545 bits per heavy atom. The van der Waals surface area contributed by atoms with Crippen LogP contribution in [-0.4, -0.2) is 22.5 Å². The largest absolute Gasteiger partial charge is 0.356 e. The van der Waals surface area contributed by atoms with Crippen molar-refractivity contribution in [2.75, 3.05) is 6.54 Å². The van der Waals surface area contributed by atoms with Crippen LogP contribution >= 0.6 is 0 Å². The summed E-state index contributed by atoms with van der Waals surface area (Å²) in [6, 6.07) is 11.0. The maximum atomic E-state index is 2.63. The van der Waals surface area contributed by atoms with E-state index in [1.54, 1.807) is 0 Å². The van der Waals surface area contributed by atoms with Crippen molar-refractivity contribution in [3.63, 3.8) is 0 Å². The highest BCUT2D eigenvalue weighted by atomic mass is 15.4. The lowest BCUT2D eigenvalue weighted by atomic mass is 10.0. The summed E-state index contributed by atoms with van der Waals surface area (Å²) < 4.78 is 0. The van der Waals surface area contributed by atoms with Gasteiger partial charge >= 0.3 is 0 Å². The Labute approximate surface area is 206 Å². The Bertz CT molecular complexity index is 582. The zero-order chi connectivity index (χ0) is 23.4. The van der Waals surface area contributed by atoms with Crippen LogP contribution in [0.3, 0.4) is 0 Å². The third-order valence-corrected chi connectivity index (χ3v) is 7.26. The lowest BCUT2D eigenvalue weighted by molar-refractivity contribution is 0.132. The van der Waals surface area contributed by atoms with E-state index in [0.717, 1.165) is 6.54 Å². The molecule has 188 valence electrons. The molecular weight excluding hydrogens is 400 g/mol. The molecule has 2 nitrogen and oxygen atoms in total. The fourth-order valence-electron chi connectivity index (χ4n) is 5.13. The topological polar surface area (TPSA) is 6.48 Å². The van der Waals surface area contributed by atoms with Gasteiger partial charge in [0.05, 0.1) is 0 Å². The molecule has 0 saturated heterocycles. The number of unbranched alkanes of at least 4 members (excludes halogenated alkanes) is 15. The molecule has 0 radical (unpaired) electrons. The van der Waals surface area contributed by atoms with Gasteiger partial charge < -0.3 is 9.80 Å². The third-order valence-electron chi connectivity index (χ3n) is 7.26. The van der Waals surface area contributed by atoms with Crippen molar-refractivity contribution in [2.24, 2.45) is 0 Å². The van der Waals surface area contributed by atoms with Gasteiger partial charge in [-0.2, -0.15) is 0 Å². The van der Waals surface area contributed by atoms with Crippen LogP contribution in [0, 0.1) is 0 Å². The molecule has 1 aromatic rings. The van der Waals surface area contributed by atoms with Gasteiger partial charge in [0, 0.05) is 25.5 Å². The zero-order valence-corrected chi connectivity index (χ0v) is 22.2. The average molecular weight is 455 g/mol. The van der Waals surface area contributed by atoms with Crippen molar-refractivity contribution in [1.82, 2.24) is 9.80 Å². The molecule has 33 heavy (non-hydrogen) atoms. The van der Waals surface area contributed by atoms with E-state index >= 15 is 0 Å². The van der Waals surface area contributed by atoms with E-state index in [1.165, 1.54) is 128 Å². The molecule has 2 heteroatoms. The summed E-state index contributed by atoms with van der Waals surface area (Å²) in [6.07, 6.45) is 30.5. The van der Waals surface area contributed by atoms with Gasteiger partial charge in [0.15, 0.2) is 0 Å². The maximum Gasteiger partial charge on any atom is 0.101 e. The maximum absolute atomic E-state index is 2.63. The van der Waals surface area contributed by atoms with Gasteiger partial charge in [-0.1, -0.05) is 140 Å². The van der Waals surface area contributed by atoms with Gasteiger partial charge in [0.25, 0.3) is 0 Å². The number of rotatable bonds is 21. The molecule has 1 aliphatic heterocycles. The third kappa shape index (κ3) is 12.6. The summed E-state index contributed by atoms with van der Waals surface area (Å²) in [4.78, 5) is 5.21. The second-order valence-electron chi connectivity index (χ2n) is 10.3. The molecule has 1 aliphatic rings. The minimum atomic E-state index is 0.555. The normalized spacial score (nSPS) is 15.6. The van der Waals surface area contributed by atoms with Crippen molar-refractivity contribution in [1.29, 1.82) is 0 Å².